The van der Waals surface area contributed by atoms with Crippen molar-refractivity contribution in [2.45, 2.75) is 19.9 Å². The molecule has 1 aliphatic rings. The van der Waals surface area contributed by atoms with Crippen LogP contribution < -0.4 is 15.5 Å². The van der Waals surface area contributed by atoms with Crippen molar-refractivity contribution in [2.75, 3.05) is 18.0 Å². The summed E-state index contributed by atoms with van der Waals surface area (Å²) >= 11 is 0. The van der Waals surface area contributed by atoms with Crippen molar-refractivity contribution in [1.29, 1.82) is 0 Å². The maximum atomic E-state index is 12.9. The van der Waals surface area contributed by atoms with E-state index < -0.39 is 0 Å². The van der Waals surface area contributed by atoms with Crippen molar-refractivity contribution in [1.82, 2.24) is 20.6 Å². The molecule has 2 heterocycles. The highest BCUT2D eigenvalue weighted by Crippen LogP contribution is 2.24. The van der Waals surface area contributed by atoms with Gasteiger partial charge < -0.3 is 15.6 Å². The van der Waals surface area contributed by atoms with Crippen LogP contribution in [0.3, 0.4) is 0 Å². The lowest BCUT2D eigenvalue weighted by molar-refractivity contribution is 0.0923. The molecule has 28 heavy (non-hydrogen) atoms. The summed E-state index contributed by atoms with van der Waals surface area (Å²) < 4.78 is 0. The van der Waals surface area contributed by atoms with Crippen LogP contribution in [0.4, 0.5) is 10.5 Å². The van der Waals surface area contributed by atoms with Crippen molar-refractivity contribution in [3.05, 3.63) is 59.9 Å². The van der Waals surface area contributed by atoms with Crippen LogP contribution in [0, 0.1) is 5.92 Å². The van der Waals surface area contributed by atoms with E-state index in [9.17, 15) is 9.59 Å². The molecule has 3 aromatic rings. The van der Waals surface area contributed by atoms with E-state index in [-0.39, 0.29) is 23.9 Å². The Labute approximate surface area is 163 Å². The van der Waals surface area contributed by atoms with Crippen molar-refractivity contribution in [3.63, 3.8) is 0 Å². The topological polar surface area (TPSA) is 90.1 Å². The number of H-pyrrole nitrogens is 1. The molecule has 4 rings (SSSR count). The molecule has 3 N–H and O–H groups in total. The van der Waals surface area contributed by atoms with Gasteiger partial charge in [-0.3, -0.25) is 9.69 Å². The minimum atomic E-state index is -0.251. The van der Waals surface area contributed by atoms with Crippen LogP contribution in [-0.4, -0.2) is 35.0 Å². The van der Waals surface area contributed by atoms with Gasteiger partial charge in [0.1, 0.15) is 5.82 Å². The predicted octanol–water partition coefficient (Wildman–Crippen LogP) is 3.22. The molecule has 1 saturated heterocycles. The monoisotopic (exact) mass is 377 g/mol. The van der Waals surface area contributed by atoms with Gasteiger partial charge in [0.25, 0.3) is 5.91 Å². The first-order valence-electron chi connectivity index (χ1n) is 9.44. The molecular formula is C21H23N5O2. The highest BCUT2D eigenvalue weighted by Gasteiger charge is 2.24. The summed E-state index contributed by atoms with van der Waals surface area (Å²) in [6, 6.07) is 14.5. The number of hydrogen-bond donors (Lipinski definition) is 3. The number of para-hydroxylation sites is 2. The Morgan fingerprint density at radius 3 is 2.71 bits per heavy atom. The lowest BCUT2D eigenvalue weighted by Gasteiger charge is -2.21. The molecule has 3 amide bonds. The van der Waals surface area contributed by atoms with E-state index in [2.05, 4.69) is 20.6 Å². The van der Waals surface area contributed by atoms with Crippen LogP contribution in [0.5, 0.6) is 0 Å². The minimum Gasteiger partial charge on any atom is -0.342 e. The molecule has 0 radical (unpaired) electrons. The Bertz CT molecular complexity index is 993. The quantitative estimate of drug-likeness (QED) is 0.638. The molecule has 0 saturated carbocycles. The average Bonchev–Trinajstić information content (AvgIpc) is 3.31. The number of aromatic nitrogens is 2. The molecule has 1 aromatic heterocycles. The second-order valence-corrected chi connectivity index (χ2v) is 7.27. The summed E-state index contributed by atoms with van der Waals surface area (Å²) in [7, 11) is 0. The Balaban J connectivity index is 1.57. The fourth-order valence-electron chi connectivity index (χ4n) is 3.43. The predicted molar refractivity (Wildman–Crippen MR) is 108 cm³/mol. The largest absolute Gasteiger partial charge is 0.342 e. The first-order valence-corrected chi connectivity index (χ1v) is 9.44. The Morgan fingerprint density at radius 1 is 1.18 bits per heavy atom. The van der Waals surface area contributed by atoms with Gasteiger partial charge in [-0.25, -0.2) is 9.78 Å². The number of anilines is 1. The van der Waals surface area contributed by atoms with E-state index >= 15 is 0 Å². The lowest BCUT2D eigenvalue weighted by Crippen LogP contribution is -2.33. The van der Waals surface area contributed by atoms with E-state index in [0.717, 1.165) is 16.9 Å². The van der Waals surface area contributed by atoms with Crippen molar-refractivity contribution < 1.29 is 9.59 Å². The van der Waals surface area contributed by atoms with Gasteiger partial charge in [0, 0.05) is 24.3 Å². The lowest BCUT2D eigenvalue weighted by atomic mass is 10.0. The smallest absolute Gasteiger partial charge is 0.321 e. The second kappa shape index (κ2) is 7.34. The average molecular weight is 377 g/mol. The second-order valence-electron chi connectivity index (χ2n) is 7.27. The van der Waals surface area contributed by atoms with Crippen LogP contribution in [0.2, 0.25) is 0 Å². The molecule has 7 heteroatoms. The molecule has 2 aromatic carbocycles. The fraction of sp³-hybridized carbons (Fsp3) is 0.286. The molecule has 144 valence electrons. The van der Waals surface area contributed by atoms with Crippen LogP contribution >= 0.6 is 0 Å². The Kier molecular flexibility index (Phi) is 4.73. The summed E-state index contributed by atoms with van der Waals surface area (Å²) in [5.41, 5.74) is 3.05. The number of amides is 3. The third-order valence-corrected chi connectivity index (χ3v) is 4.93. The summed E-state index contributed by atoms with van der Waals surface area (Å²) in [6.45, 7) is 5.29. The first kappa shape index (κ1) is 18.0. The fourth-order valence-corrected chi connectivity index (χ4v) is 3.43. The Morgan fingerprint density at radius 2 is 2.00 bits per heavy atom. The van der Waals surface area contributed by atoms with Crippen LogP contribution in [0.25, 0.3) is 11.0 Å². The molecule has 1 aliphatic heterocycles. The third-order valence-electron chi connectivity index (χ3n) is 4.93. The highest BCUT2D eigenvalue weighted by molar-refractivity contribution is 5.98. The van der Waals surface area contributed by atoms with Crippen LogP contribution in [0.15, 0.2) is 48.5 Å². The van der Waals surface area contributed by atoms with Gasteiger partial charge in [0.15, 0.2) is 0 Å². The minimum absolute atomic E-state index is 0.139. The summed E-state index contributed by atoms with van der Waals surface area (Å²) in [5, 5.41) is 5.86. The number of urea groups is 1. The highest BCUT2D eigenvalue weighted by atomic mass is 16.2. The normalized spacial score (nSPS) is 15.1. The molecule has 0 spiro atoms. The number of rotatable bonds is 5. The van der Waals surface area contributed by atoms with Gasteiger partial charge >= 0.3 is 6.03 Å². The van der Waals surface area contributed by atoms with Gasteiger partial charge in [-0.2, -0.15) is 0 Å². The summed E-state index contributed by atoms with van der Waals surface area (Å²) in [5.74, 6) is 0.692. The molecule has 1 atom stereocenters. The molecule has 7 nitrogen and oxygen atoms in total. The van der Waals surface area contributed by atoms with E-state index in [0.29, 0.717) is 24.3 Å². The number of nitrogens with zero attached hydrogens (tertiary/aromatic N) is 2. The van der Waals surface area contributed by atoms with E-state index in [1.807, 2.05) is 44.2 Å². The maximum absolute atomic E-state index is 12.9. The van der Waals surface area contributed by atoms with Gasteiger partial charge in [-0.15, -0.1) is 0 Å². The number of carbonyl (C=O) groups is 2. The zero-order valence-corrected chi connectivity index (χ0v) is 15.9. The standard InChI is InChI=1S/C21H23N5O2/c1-13(2)18(19-23-16-8-3-4-9-17(16)24-19)25-20(27)14-6-5-7-15(12-14)26-11-10-22-21(26)28/h3-9,12-13,18H,10-11H2,1-2H3,(H,22,28)(H,23,24)(H,25,27). The molecule has 0 aliphatic carbocycles. The van der Waals surface area contributed by atoms with E-state index in [1.54, 1.807) is 23.1 Å². The molecule has 1 fully saturated rings. The van der Waals surface area contributed by atoms with Crippen molar-refractivity contribution in [3.8, 4) is 0 Å². The van der Waals surface area contributed by atoms with Crippen LogP contribution in [0.1, 0.15) is 36.1 Å². The van der Waals surface area contributed by atoms with Crippen molar-refractivity contribution in [2.24, 2.45) is 5.92 Å². The van der Waals surface area contributed by atoms with Gasteiger partial charge in [-0.05, 0) is 36.2 Å². The number of carbonyl (C=O) groups excluding carboxylic acids is 2. The zero-order chi connectivity index (χ0) is 19.7. The van der Waals surface area contributed by atoms with E-state index in [4.69, 9.17) is 0 Å². The number of benzene rings is 2. The van der Waals surface area contributed by atoms with E-state index in [1.165, 1.54) is 0 Å². The van der Waals surface area contributed by atoms with Crippen molar-refractivity contribution >= 4 is 28.7 Å². The SMILES string of the molecule is CC(C)C(NC(=O)c1cccc(N2CCNC2=O)c1)c1nc2ccccc2[nH]1. The number of fused-ring (bicyclic) bond motifs is 1. The number of hydrogen-bond acceptors (Lipinski definition) is 3. The number of nitrogens with one attached hydrogen (secondary N) is 3. The van der Waals surface area contributed by atoms with Gasteiger partial charge in [-0.1, -0.05) is 32.0 Å². The first-order chi connectivity index (χ1) is 13.5. The van der Waals surface area contributed by atoms with Gasteiger partial charge in [0.2, 0.25) is 0 Å². The van der Waals surface area contributed by atoms with Gasteiger partial charge in [0.05, 0.1) is 17.1 Å². The summed E-state index contributed by atoms with van der Waals surface area (Å²) in [6.07, 6.45) is 0. The molecule has 1 unspecified atom stereocenters. The van der Waals surface area contributed by atoms with Crippen LogP contribution in [-0.2, 0) is 0 Å². The number of aromatic amines is 1. The molecule has 0 bridgehead atoms. The maximum Gasteiger partial charge on any atom is 0.321 e. The third kappa shape index (κ3) is 3.43. The zero-order valence-electron chi connectivity index (χ0n) is 15.9. The summed E-state index contributed by atoms with van der Waals surface area (Å²) in [4.78, 5) is 34.4. The Hall–Kier alpha value is -3.35. The number of imidazole rings is 1. The molecular weight excluding hydrogens is 354 g/mol.